The summed E-state index contributed by atoms with van der Waals surface area (Å²) in [6.45, 7) is 5.86. The van der Waals surface area contributed by atoms with Crippen LogP contribution in [-0.4, -0.2) is 25.3 Å². The first-order chi connectivity index (χ1) is 9.28. The van der Waals surface area contributed by atoms with Crippen molar-refractivity contribution in [2.45, 2.75) is 39.0 Å². The number of carboxylic acids is 1. The second-order valence-electron chi connectivity index (χ2n) is 5.26. The van der Waals surface area contributed by atoms with Gasteiger partial charge in [-0.1, -0.05) is 36.7 Å². The molecule has 0 atom stereocenters. The number of hydrogen-bond acceptors (Lipinski definition) is 3. The first kappa shape index (κ1) is 16.8. The van der Waals surface area contributed by atoms with Gasteiger partial charge in [-0.25, -0.2) is 0 Å². The van der Waals surface area contributed by atoms with Crippen molar-refractivity contribution in [2.75, 3.05) is 14.2 Å². The molecular weight excluding hydrogens is 324 g/mol. The molecule has 0 bridgehead atoms. The van der Waals surface area contributed by atoms with Gasteiger partial charge in [-0.05, 0) is 18.1 Å². The van der Waals surface area contributed by atoms with Gasteiger partial charge in [0.15, 0.2) is 11.5 Å². The molecule has 5 heteroatoms. The van der Waals surface area contributed by atoms with E-state index >= 15 is 0 Å². The fourth-order valence-corrected chi connectivity index (χ4v) is 3.55. The molecule has 1 rings (SSSR count). The van der Waals surface area contributed by atoms with Crippen molar-refractivity contribution >= 4 is 21.9 Å². The molecule has 112 valence electrons. The number of ether oxygens (including phenoxy) is 2. The average Bonchev–Trinajstić information content (AvgIpc) is 2.34. The zero-order valence-electron chi connectivity index (χ0n) is 12.5. The van der Waals surface area contributed by atoms with Crippen LogP contribution in [0.2, 0.25) is 0 Å². The maximum Gasteiger partial charge on any atom is 0.304 e. The van der Waals surface area contributed by atoms with Crippen LogP contribution in [0.25, 0.3) is 0 Å². The maximum atomic E-state index is 11.1. The molecule has 1 aromatic carbocycles. The van der Waals surface area contributed by atoms with Gasteiger partial charge < -0.3 is 14.6 Å². The number of carboxylic acid groups (broad SMARTS) is 1. The standard InChI is InChI=1S/C15H21BrO4/c1-6-9-13(15(2,3)8-12(17)18)10(16)7-11(19-4)14(9)20-5/h7H,6,8H2,1-5H3,(H,17,18). The number of benzene rings is 1. The van der Waals surface area contributed by atoms with E-state index in [1.54, 1.807) is 14.2 Å². The molecule has 0 saturated carbocycles. The summed E-state index contributed by atoms with van der Waals surface area (Å²) in [4.78, 5) is 11.1. The minimum atomic E-state index is -0.821. The molecule has 0 heterocycles. The maximum absolute atomic E-state index is 11.1. The summed E-state index contributed by atoms with van der Waals surface area (Å²) >= 11 is 3.54. The Morgan fingerprint density at radius 1 is 1.35 bits per heavy atom. The minimum Gasteiger partial charge on any atom is -0.493 e. The SMILES string of the molecule is CCc1c(OC)c(OC)cc(Br)c1C(C)(C)CC(=O)O. The number of aliphatic carboxylic acids is 1. The third-order valence-corrected chi connectivity index (χ3v) is 3.97. The van der Waals surface area contributed by atoms with Gasteiger partial charge in [0.2, 0.25) is 0 Å². The molecule has 0 spiro atoms. The lowest BCUT2D eigenvalue weighted by Crippen LogP contribution is -2.24. The Bertz CT molecular complexity index is 509. The van der Waals surface area contributed by atoms with E-state index in [0.29, 0.717) is 11.5 Å². The van der Waals surface area contributed by atoms with Gasteiger partial charge in [0.25, 0.3) is 0 Å². The van der Waals surface area contributed by atoms with Crippen molar-refractivity contribution in [3.05, 3.63) is 21.7 Å². The molecule has 0 saturated heterocycles. The van der Waals surface area contributed by atoms with Gasteiger partial charge in [-0.15, -0.1) is 0 Å². The van der Waals surface area contributed by atoms with Gasteiger partial charge in [0.1, 0.15) is 0 Å². The van der Waals surface area contributed by atoms with Crippen LogP contribution in [0, 0.1) is 0 Å². The summed E-state index contributed by atoms with van der Waals surface area (Å²) in [6.07, 6.45) is 0.783. The fraction of sp³-hybridized carbons (Fsp3) is 0.533. The van der Waals surface area contributed by atoms with Crippen LogP contribution < -0.4 is 9.47 Å². The molecule has 0 aromatic heterocycles. The second-order valence-corrected chi connectivity index (χ2v) is 6.11. The molecule has 0 aliphatic rings. The Labute approximate surface area is 128 Å². The molecule has 0 unspecified atom stereocenters. The first-order valence-electron chi connectivity index (χ1n) is 6.44. The van der Waals surface area contributed by atoms with Gasteiger partial charge in [-0.3, -0.25) is 4.79 Å². The summed E-state index contributed by atoms with van der Waals surface area (Å²) in [5.41, 5.74) is 1.43. The van der Waals surface area contributed by atoms with Crippen molar-refractivity contribution in [1.82, 2.24) is 0 Å². The van der Waals surface area contributed by atoms with Crippen LogP contribution >= 0.6 is 15.9 Å². The molecule has 20 heavy (non-hydrogen) atoms. The van der Waals surface area contributed by atoms with Gasteiger partial charge in [-0.2, -0.15) is 0 Å². The summed E-state index contributed by atoms with van der Waals surface area (Å²) in [6, 6.07) is 1.83. The van der Waals surface area contributed by atoms with Gasteiger partial charge in [0.05, 0.1) is 20.6 Å². The number of halogens is 1. The monoisotopic (exact) mass is 344 g/mol. The van der Waals surface area contributed by atoms with E-state index in [-0.39, 0.29) is 6.42 Å². The lowest BCUT2D eigenvalue weighted by molar-refractivity contribution is -0.138. The van der Waals surface area contributed by atoms with E-state index in [0.717, 1.165) is 22.0 Å². The van der Waals surface area contributed by atoms with E-state index in [1.807, 2.05) is 26.8 Å². The summed E-state index contributed by atoms with van der Waals surface area (Å²) in [5, 5.41) is 9.12. The summed E-state index contributed by atoms with van der Waals surface area (Å²) < 4.78 is 11.6. The lowest BCUT2D eigenvalue weighted by atomic mass is 9.78. The Hall–Kier alpha value is -1.23. The number of carbonyl (C=O) groups is 1. The molecule has 0 fully saturated rings. The Kier molecular flexibility index (Phi) is 5.45. The molecular formula is C15H21BrO4. The van der Waals surface area contributed by atoms with Crippen LogP contribution in [0.4, 0.5) is 0 Å². The predicted octanol–water partition coefficient (Wildman–Crippen LogP) is 3.78. The van der Waals surface area contributed by atoms with Crippen LogP contribution in [0.15, 0.2) is 10.5 Å². The van der Waals surface area contributed by atoms with E-state index < -0.39 is 11.4 Å². The van der Waals surface area contributed by atoms with Crippen LogP contribution in [0.1, 0.15) is 38.3 Å². The Morgan fingerprint density at radius 3 is 2.35 bits per heavy atom. The molecule has 0 aliphatic heterocycles. The topological polar surface area (TPSA) is 55.8 Å². The van der Waals surface area contributed by atoms with E-state index in [4.69, 9.17) is 14.6 Å². The van der Waals surface area contributed by atoms with Gasteiger partial charge in [0, 0.05) is 15.5 Å². The zero-order chi connectivity index (χ0) is 15.5. The van der Waals surface area contributed by atoms with E-state index in [1.165, 1.54) is 0 Å². The molecule has 0 radical (unpaired) electrons. The highest BCUT2D eigenvalue weighted by Gasteiger charge is 2.31. The van der Waals surface area contributed by atoms with Crippen molar-refractivity contribution in [3.63, 3.8) is 0 Å². The molecule has 4 nitrogen and oxygen atoms in total. The average molecular weight is 345 g/mol. The van der Waals surface area contributed by atoms with Crippen molar-refractivity contribution in [3.8, 4) is 11.5 Å². The Morgan fingerprint density at radius 2 is 1.95 bits per heavy atom. The van der Waals surface area contributed by atoms with E-state index in [9.17, 15) is 4.79 Å². The van der Waals surface area contributed by atoms with Crippen LogP contribution in [0.5, 0.6) is 11.5 Å². The highest BCUT2D eigenvalue weighted by atomic mass is 79.9. The third-order valence-electron chi connectivity index (χ3n) is 3.34. The quantitative estimate of drug-likeness (QED) is 0.853. The molecule has 1 aromatic rings. The number of hydrogen-bond donors (Lipinski definition) is 1. The molecule has 0 aliphatic carbocycles. The van der Waals surface area contributed by atoms with Crippen LogP contribution in [0.3, 0.4) is 0 Å². The largest absolute Gasteiger partial charge is 0.493 e. The van der Waals surface area contributed by atoms with E-state index in [2.05, 4.69) is 15.9 Å². The van der Waals surface area contributed by atoms with Crippen molar-refractivity contribution in [2.24, 2.45) is 0 Å². The number of methoxy groups -OCH3 is 2. The predicted molar refractivity (Wildman–Crippen MR) is 81.9 cm³/mol. The summed E-state index contributed by atoms with van der Waals surface area (Å²) in [5.74, 6) is 0.497. The minimum absolute atomic E-state index is 0.0497. The van der Waals surface area contributed by atoms with Crippen LogP contribution in [-0.2, 0) is 16.6 Å². The summed E-state index contributed by atoms with van der Waals surface area (Å²) in [7, 11) is 3.19. The Balaban J connectivity index is 3.57. The number of rotatable bonds is 6. The van der Waals surface area contributed by atoms with Crippen molar-refractivity contribution < 1.29 is 19.4 Å². The first-order valence-corrected chi connectivity index (χ1v) is 7.23. The highest BCUT2D eigenvalue weighted by Crippen LogP contribution is 2.44. The van der Waals surface area contributed by atoms with Crippen molar-refractivity contribution in [1.29, 1.82) is 0 Å². The second kappa shape index (κ2) is 6.48. The smallest absolute Gasteiger partial charge is 0.304 e. The highest BCUT2D eigenvalue weighted by molar-refractivity contribution is 9.10. The normalized spacial score (nSPS) is 11.3. The molecule has 0 amide bonds. The lowest BCUT2D eigenvalue weighted by Gasteiger charge is -2.29. The fourth-order valence-electron chi connectivity index (χ4n) is 2.57. The molecule has 1 N–H and O–H groups in total. The van der Waals surface area contributed by atoms with Gasteiger partial charge >= 0.3 is 5.97 Å². The third kappa shape index (κ3) is 3.26. The zero-order valence-corrected chi connectivity index (χ0v) is 14.1.